The second-order valence-corrected chi connectivity index (χ2v) is 23.6. The van der Waals surface area contributed by atoms with E-state index in [1.165, 1.54) is 61.0 Å². The van der Waals surface area contributed by atoms with Crippen LogP contribution in [0.4, 0.5) is 30.2 Å². The number of hydroxylamine groups is 1. The molecule has 0 radical (unpaired) electrons. The number of ether oxygens (including phenoxy) is 3. The first-order valence-electron chi connectivity index (χ1n) is 27.3. The molecule has 2 atom stereocenters. The van der Waals surface area contributed by atoms with Crippen LogP contribution in [-0.4, -0.2) is 116 Å². The van der Waals surface area contributed by atoms with Crippen LogP contribution in [0.5, 0.6) is 17.4 Å². The van der Waals surface area contributed by atoms with E-state index in [1.54, 1.807) is 25.1 Å². The van der Waals surface area contributed by atoms with Gasteiger partial charge in [0.05, 0.1) is 36.4 Å². The van der Waals surface area contributed by atoms with Crippen LogP contribution in [0.1, 0.15) is 98.3 Å². The number of piperidine rings is 1. The minimum absolute atomic E-state index is 0.00712. The van der Waals surface area contributed by atoms with Gasteiger partial charge in [-0.05, 0) is 104 Å². The van der Waals surface area contributed by atoms with Crippen LogP contribution in [0.15, 0.2) is 90.2 Å². The second kappa shape index (κ2) is 22.4. The summed E-state index contributed by atoms with van der Waals surface area (Å²) < 4.78 is 92.3. The monoisotopic (exact) mass is 1100 g/mol. The molecule has 3 aliphatic heterocycles. The smallest absolute Gasteiger partial charge is 0.268 e. The van der Waals surface area contributed by atoms with Gasteiger partial charge in [0, 0.05) is 101 Å². The van der Waals surface area contributed by atoms with Crippen molar-refractivity contribution in [3.8, 4) is 17.4 Å². The standard InChI is InChI=1S/C58H67F3N10O7S/c1-5-77-57-50(26-43-46(61)31-63-55(43)66-57)78-49-25-38(11-12-42(49)56(72)67-79(74,75)51-27-47(68(4)73)52(54-53(51)64-34-65-54)62-30-36-14-22-76-23-15-36)70-18-16-58(17-19-70)28-39(29-58)71-21-20-69(32-37-10-13-44(59)45(60)24-37)33-48(71)41-9-7-6-8-40(41)35(2)3/h6-13,24-27,31,34-36,39,48,62,68H,5,14-23,28-30,32-33H2,1-4H3,(H,63,66)(H,64,65)(H,67,72)/t48-/m0/s1. The van der Waals surface area contributed by atoms with Crippen molar-refractivity contribution in [2.24, 2.45) is 11.3 Å². The largest absolute Gasteiger partial charge is 0.629 e. The van der Waals surface area contributed by atoms with Crippen LogP contribution < -0.4 is 29.5 Å². The second-order valence-electron chi connectivity index (χ2n) is 22.0. The number of sulfonamides is 1. The van der Waals surface area contributed by atoms with Crippen molar-refractivity contribution in [1.82, 2.24) is 34.5 Å². The number of H-pyrrole nitrogens is 2. The van der Waals surface area contributed by atoms with Crippen molar-refractivity contribution >= 4 is 55.1 Å². The van der Waals surface area contributed by atoms with E-state index in [-0.39, 0.29) is 79.1 Å². The molecule has 79 heavy (non-hydrogen) atoms. The van der Waals surface area contributed by atoms with Gasteiger partial charge in [0.1, 0.15) is 33.3 Å². The summed E-state index contributed by atoms with van der Waals surface area (Å²) in [5.74, 6) is -2.66. The minimum atomic E-state index is -4.71. The number of nitrogens with zero attached hydrogens (tertiary/aromatic N) is 5. The molecule has 0 bridgehead atoms. The number of fused-ring (bicyclic) bond motifs is 2. The van der Waals surface area contributed by atoms with Gasteiger partial charge in [-0.2, -0.15) is 4.98 Å². The summed E-state index contributed by atoms with van der Waals surface area (Å²) >= 11 is 0. The first-order valence-corrected chi connectivity index (χ1v) is 28.8. The molecule has 4 fully saturated rings. The Morgan fingerprint density at radius 2 is 1.73 bits per heavy atom. The fourth-order valence-electron chi connectivity index (χ4n) is 12.3. The number of imidazole rings is 1. The molecular weight excluding hydrogens is 1040 g/mol. The summed E-state index contributed by atoms with van der Waals surface area (Å²) in [6.07, 6.45) is 8.09. The zero-order valence-corrected chi connectivity index (χ0v) is 45.7. The fraction of sp³-hybridized carbons (Fsp3) is 0.431. The molecule has 4 aliphatic rings. The van der Waals surface area contributed by atoms with Crippen LogP contribution >= 0.6 is 0 Å². The Labute approximate surface area is 457 Å². The highest BCUT2D eigenvalue weighted by Gasteiger charge is 2.50. The molecule has 6 heterocycles. The number of quaternary nitrogens is 1. The molecule has 5 N–H and O–H groups in total. The Balaban J connectivity index is 0.839. The number of pyridine rings is 1. The number of anilines is 2. The van der Waals surface area contributed by atoms with Gasteiger partial charge in [0.2, 0.25) is 0 Å². The zero-order chi connectivity index (χ0) is 55.2. The molecule has 3 aromatic heterocycles. The number of halogens is 3. The summed E-state index contributed by atoms with van der Waals surface area (Å²) in [5, 5.41) is 16.3. The quantitative estimate of drug-likeness (QED) is 0.0542. The van der Waals surface area contributed by atoms with Crippen molar-refractivity contribution in [2.75, 3.05) is 76.4 Å². The van der Waals surface area contributed by atoms with Gasteiger partial charge in [0.25, 0.3) is 21.8 Å². The molecular formula is C58H67F3N10O7S. The average Bonchev–Trinajstić information content (AvgIpc) is 4.08. The average molecular weight is 1110 g/mol. The third kappa shape index (κ3) is 11.1. The zero-order valence-electron chi connectivity index (χ0n) is 44.8. The molecule has 3 saturated heterocycles. The van der Waals surface area contributed by atoms with E-state index in [1.807, 2.05) is 0 Å². The van der Waals surface area contributed by atoms with Crippen molar-refractivity contribution in [2.45, 2.75) is 88.7 Å². The lowest BCUT2D eigenvalue weighted by Gasteiger charge is -2.58. The number of piperazine rings is 1. The van der Waals surface area contributed by atoms with E-state index in [0.29, 0.717) is 62.6 Å². The number of amides is 1. The number of carbonyl (C=O) groups excluding carboxylic acids is 1. The number of aromatic amines is 2. The molecule has 4 aromatic carbocycles. The van der Waals surface area contributed by atoms with E-state index in [9.17, 15) is 27.2 Å². The van der Waals surface area contributed by atoms with Crippen molar-refractivity contribution in [1.29, 1.82) is 0 Å². The highest BCUT2D eigenvalue weighted by atomic mass is 32.2. The molecule has 1 unspecified atom stereocenters. The number of benzene rings is 4. The third-order valence-corrected chi connectivity index (χ3v) is 17.9. The maximum Gasteiger partial charge on any atom is 0.268 e. The van der Waals surface area contributed by atoms with Gasteiger partial charge < -0.3 is 44.7 Å². The Morgan fingerprint density at radius 1 is 0.949 bits per heavy atom. The molecule has 7 aromatic rings. The highest BCUT2D eigenvalue weighted by molar-refractivity contribution is 7.90. The SMILES string of the molecule is CCOc1nc2[nH]cc(F)c2cc1Oc1cc(N2CCC3(CC2)CC(N2CCN(Cc4ccc(F)c(F)c4)C[C@H]2c2ccccc2C(C)C)C3)ccc1C(=O)NS(=O)(=O)c1cc([NH+](C)[O-])c(NCC2CCOCC2)c2[nH]cnc12. The number of carbonyl (C=O) groups is 1. The van der Waals surface area contributed by atoms with Gasteiger partial charge >= 0.3 is 0 Å². The molecule has 11 rings (SSSR count). The highest BCUT2D eigenvalue weighted by Crippen LogP contribution is 2.53. The Morgan fingerprint density at radius 3 is 2.48 bits per heavy atom. The van der Waals surface area contributed by atoms with Crippen molar-refractivity contribution in [3.63, 3.8) is 0 Å². The molecule has 1 aliphatic carbocycles. The topological polar surface area (TPSA) is 198 Å². The van der Waals surface area contributed by atoms with Gasteiger partial charge in [-0.15, -0.1) is 0 Å². The Bertz CT molecular complexity index is 3480. The summed E-state index contributed by atoms with van der Waals surface area (Å²) in [6.45, 7) is 12.5. The number of nitrogens with one attached hydrogen (secondary N) is 5. The molecule has 1 amide bonds. The molecule has 1 saturated carbocycles. The summed E-state index contributed by atoms with van der Waals surface area (Å²) in [6, 6.07) is 20.9. The fourth-order valence-corrected chi connectivity index (χ4v) is 13.5. The maximum absolute atomic E-state index is 15.1. The molecule has 418 valence electrons. The number of rotatable bonds is 17. The number of hydrogen-bond acceptors (Lipinski definition) is 13. The van der Waals surface area contributed by atoms with E-state index < -0.39 is 33.4 Å². The van der Waals surface area contributed by atoms with E-state index in [4.69, 9.17) is 14.2 Å². The summed E-state index contributed by atoms with van der Waals surface area (Å²) in [4.78, 5) is 36.0. The lowest BCUT2D eigenvalue weighted by atomic mass is 9.59. The Hall–Kier alpha value is -6.75. The van der Waals surface area contributed by atoms with E-state index in [0.717, 1.165) is 69.4 Å². The predicted molar refractivity (Wildman–Crippen MR) is 295 cm³/mol. The van der Waals surface area contributed by atoms with Crippen molar-refractivity contribution < 1.29 is 45.7 Å². The van der Waals surface area contributed by atoms with Crippen LogP contribution in [0, 0.1) is 34.0 Å². The van der Waals surface area contributed by atoms with Gasteiger partial charge in [-0.1, -0.05) is 44.2 Å². The van der Waals surface area contributed by atoms with Crippen LogP contribution in [0.25, 0.3) is 22.1 Å². The van der Waals surface area contributed by atoms with Crippen LogP contribution in [-0.2, 0) is 21.3 Å². The van der Waals surface area contributed by atoms with Gasteiger partial charge in [-0.3, -0.25) is 14.6 Å². The first-order chi connectivity index (χ1) is 38.1. The third-order valence-electron chi connectivity index (χ3n) is 16.6. The molecule has 21 heteroatoms. The van der Waals surface area contributed by atoms with Gasteiger partial charge in [0.15, 0.2) is 23.1 Å². The number of aromatic nitrogens is 4. The predicted octanol–water partition coefficient (Wildman–Crippen LogP) is 9.08. The summed E-state index contributed by atoms with van der Waals surface area (Å²) in [5.41, 5.74) is 5.18. The Kier molecular flexibility index (Phi) is 15.4. The minimum Gasteiger partial charge on any atom is -0.629 e. The van der Waals surface area contributed by atoms with Crippen LogP contribution in [0.2, 0.25) is 0 Å². The summed E-state index contributed by atoms with van der Waals surface area (Å²) in [7, 11) is -3.36. The van der Waals surface area contributed by atoms with Gasteiger partial charge in [-0.25, -0.2) is 31.3 Å². The molecule has 17 nitrogen and oxygen atoms in total. The van der Waals surface area contributed by atoms with Crippen LogP contribution in [0.3, 0.4) is 0 Å². The van der Waals surface area contributed by atoms with Crippen molar-refractivity contribution in [3.05, 3.63) is 130 Å². The van der Waals surface area contributed by atoms with E-state index in [2.05, 4.69) is 82.8 Å². The van der Waals surface area contributed by atoms with E-state index >= 15 is 4.39 Å². The first kappa shape index (κ1) is 54.2. The normalized spacial score (nSPS) is 19.1. The molecule has 1 spiro atoms. The number of hydrogen-bond donors (Lipinski definition) is 5. The lowest BCUT2D eigenvalue weighted by Crippen LogP contribution is -2.98. The lowest BCUT2D eigenvalue weighted by molar-refractivity contribution is -0.750. The maximum atomic E-state index is 15.1.